The van der Waals surface area contributed by atoms with E-state index in [-0.39, 0.29) is 23.1 Å². The average Bonchev–Trinajstić information content (AvgIpc) is 3.46. The summed E-state index contributed by atoms with van der Waals surface area (Å²) in [6.45, 7) is 5.49. The van der Waals surface area contributed by atoms with Gasteiger partial charge in [-0.3, -0.25) is 19.2 Å². The number of amides is 4. The Morgan fingerprint density at radius 2 is 1.47 bits per heavy atom. The van der Waals surface area contributed by atoms with Gasteiger partial charge < -0.3 is 21.3 Å². The van der Waals surface area contributed by atoms with Gasteiger partial charge in [-0.25, -0.2) is 0 Å². The van der Waals surface area contributed by atoms with Crippen LogP contribution in [-0.2, 0) is 9.59 Å². The third-order valence-electron chi connectivity index (χ3n) is 7.78. The molecule has 0 saturated carbocycles. The number of para-hydroxylation sites is 1. The molecule has 0 aliphatic carbocycles. The topological polar surface area (TPSA) is 140 Å². The lowest BCUT2D eigenvalue weighted by molar-refractivity contribution is -0.116. The fourth-order valence-electron chi connectivity index (χ4n) is 5.03. The second-order valence-corrected chi connectivity index (χ2v) is 13.7. The van der Waals surface area contributed by atoms with Crippen molar-refractivity contribution < 1.29 is 19.2 Å². The molecule has 4 aromatic carbocycles. The van der Waals surface area contributed by atoms with Crippen LogP contribution in [0.4, 0.5) is 16.4 Å². The summed E-state index contributed by atoms with van der Waals surface area (Å²) in [6, 6.07) is 34.4. The quantitative estimate of drug-likeness (QED) is 0.0756. The number of carbonyl (C=O) groups excluding carboxylic acids is 4. The maximum absolute atomic E-state index is 13.6. The van der Waals surface area contributed by atoms with Gasteiger partial charge in [-0.2, -0.15) is 5.26 Å². The SMILES string of the molecule is CCC(Sc1cccc(NC(=O)/C(=C/c2ccccc2C)NC(=O)c2ccccc2)c1)C(=O)Nc1sc(C(=O)Nc2ccccc2)c(C)c1C#N. The largest absolute Gasteiger partial charge is 0.321 e. The fourth-order valence-corrected chi connectivity index (χ4v) is 7.10. The van der Waals surface area contributed by atoms with Gasteiger partial charge in [0.05, 0.1) is 15.7 Å². The summed E-state index contributed by atoms with van der Waals surface area (Å²) in [5.41, 5.74) is 4.02. The van der Waals surface area contributed by atoms with E-state index in [0.717, 1.165) is 27.4 Å². The molecular formula is C40H35N5O4S2. The second kappa shape index (κ2) is 17.1. The number of aryl methyl sites for hydroxylation is 1. The summed E-state index contributed by atoms with van der Waals surface area (Å²) < 4.78 is 0. The Labute approximate surface area is 304 Å². The van der Waals surface area contributed by atoms with Gasteiger partial charge >= 0.3 is 0 Å². The Kier molecular flexibility index (Phi) is 12.2. The number of nitrogens with zero attached hydrogens (tertiary/aromatic N) is 1. The molecule has 0 spiro atoms. The van der Waals surface area contributed by atoms with E-state index in [9.17, 15) is 24.4 Å². The van der Waals surface area contributed by atoms with E-state index >= 15 is 0 Å². The monoisotopic (exact) mass is 713 g/mol. The molecule has 11 heteroatoms. The summed E-state index contributed by atoms with van der Waals surface area (Å²) in [5, 5.41) is 21.0. The highest BCUT2D eigenvalue weighted by Crippen LogP contribution is 2.35. The van der Waals surface area contributed by atoms with E-state index in [0.29, 0.717) is 38.8 Å². The van der Waals surface area contributed by atoms with E-state index < -0.39 is 17.1 Å². The minimum atomic E-state index is -0.548. The molecule has 4 N–H and O–H groups in total. The summed E-state index contributed by atoms with van der Waals surface area (Å²) in [5.74, 6) is -1.62. The lowest BCUT2D eigenvalue weighted by atomic mass is 10.1. The molecule has 1 heterocycles. The Hall–Kier alpha value is -5.96. The van der Waals surface area contributed by atoms with Crippen LogP contribution in [-0.4, -0.2) is 28.9 Å². The van der Waals surface area contributed by atoms with Gasteiger partial charge in [-0.1, -0.05) is 73.7 Å². The molecule has 5 aromatic rings. The van der Waals surface area contributed by atoms with Gasteiger partial charge in [0.15, 0.2) is 0 Å². The van der Waals surface area contributed by atoms with Crippen LogP contribution in [0.1, 0.15) is 55.6 Å². The molecule has 5 rings (SSSR count). The maximum atomic E-state index is 13.6. The van der Waals surface area contributed by atoms with E-state index in [1.165, 1.54) is 11.8 Å². The van der Waals surface area contributed by atoms with Gasteiger partial charge in [0.2, 0.25) is 5.91 Å². The van der Waals surface area contributed by atoms with Crippen LogP contribution < -0.4 is 21.3 Å². The van der Waals surface area contributed by atoms with Crippen LogP contribution in [0.3, 0.4) is 0 Å². The first-order valence-electron chi connectivity index (χ1n) is 16.1. The zero-order valence-electron chi connectivity index (χ0n) is 28.2. The number of hydrogen-bond acceptors (Lipinski definition) is 7. The highest BCUT2D eigenvalue weighted by molar-refractivity contribution is 8.00. The molecule has 1 aromatic heterocycles. The zero-order valence-corrected chi connectivity index (χ0v) is 29.8. The number of hydrogen-bond donors (Lipinski definition) is 4. The molecule has 0 fully saturated rings. The lowest BCUT2D eigenvalue weighted by Gasteiger charge is -2.16. The molecule has 51 heavy (non-hydrogen) atoms. The van der Waals surface area contributed by atoms with Crippen molar-refractivity contribution in [2.24, 2.45) is 0 Å². The van der Waals surface area contributed by atoms with Crippen molar-refractivity contribution in [3.05, 3.63) is 148 Å². The molecule has 0 aliphatic heterocycles. The van der Waals surface area contributed by atoms with Gasteiger partial charge in [0.25, 0.3) is 17.7 Å². The first kappa shape index (κ1) is 36.3. The summed E-state index contributed by atoms with van der Waals surface area (Å²) in [7, 11) is 0. The van der Waals surface area contributed by atoms with Crippen LogP contribution in [0.2, 0.25) is 0 Å². The average molecular weight is 714 g/mol. The smallest absolute Gasteiger partial charge is 0.272 e. The fraction of sp³-hybridized carbons (Fsp3) is 0.125. The molecule has 9 nitrogen and oxygen atoms in total. The normalized spacial score (nSPS) is 11.5. The number of anilines is 3. The molecule has 1 atom stereocenters. The van der Waals surface area contributed by atoms with Crippen molar-refractivity contribution in [1.82, 2.24) is 5.32 Å². The number of rotatable bonds is 12. The number of benzene rings is 4. The number of thiophene rings is 1. The van der Waals surface area contributed by atoms with Crippen LogP contribution in [0.25, 0.3) is 6.08 Å². The van der Waals surface area contributed by atoms with Crippen LogP contribution in [0, 0.1) is 25.2 Å². The van der Waals surface area contributed by atoms with Crippen molar-refractivity contribution in [1.29, 1.82) is 5.26 Å². The summed E-state index contributed by atoms with van der Waals surface area (Å²) in [6.07, 6.45) is 2.11. The Balaban J connectivity index is 1.30. The number of thioether (sulfide) groups is 1. The number of carbonyl (C=O) groups is 4. The van der Waals surface area contributed by atoms with Gasteiger partial charge in [-0.05, 0) is 85.5 Å². The lowest BCUT2D eigenvalue weighted by Crippen LogP contribution is -2.30. The van der Waals surface area contributed by atoms with Crippen molar-refractivity contribution >= 4 is 69.2 Å². The molecule has 0 radical (unpaired) electrons. The van der Waals surface area contributed by atoms with Gasteiger partial charge in [0, 0.05) is 21.8 Å². The highest BCUT2D eigenvalue weighted by Gasteiger charge is 2.25. The third kappa shape index (κ3) is 9.39. The minimum Gasteiger partial charge on any atom is -0.321 e. The molecule has 0 saturated heterocycles. The van der Waals surface area contributed by atoms with Crippen molar-refractivity contribution in [3.63, 3.8) is 0 Å². The summed E-state index contributed by atoms with van der Waals surface area (Å²) in [4.78, 5) is 54.3. The zero-order chi connectivity index (χ0) is 36.3. The molecule has 1 unspecified atom stereocenters. The van der Waals surface area contributed by atoms with E-state index in [1.54, 1.807) is 67.6 Å². The van der Waals surface area contributed by atoms with Gasteiger partial charge in [0.1, 0.15) is 16.8 Å². The molecule has 0 bridgehead atoms. The van der Waals surface area contributed by atoms with Crippen LogP contribution >= 0.6 is 23.1 Å². The highest BCUT2D eigenvalue weighted by atomic mass is 32.2. The number of nitrogens with one attached hydrogen (secondary N) is 4. The third-order valence-corrected chi connectivity index (χ3v) is 10.3. The predicted octanol–water partition coefficient (Wildman–Crippen LogP) is 8.41. The van der Waals surface area contributed by atoms with E-state index in [2.05, 4.69) is 27.3 Å². The maximum Gasteiger partial charge on any atom is 0.272 e. The first-order chi connectivity index (χ1) is 24.7. The van der Waals surface area contributed by atoms with E-state index in [4.69, 9.17) is 0 Å². The first-order valence-corrected chi connectivity index (χ1v) is 17.8. The van der Waals surface area contributed by atoms with Crippen molar-refractivity contribution in [2.75, 3.05) is 16.0 Å². The Morgan fingerprint density at radius 1 is 0.804 bits per heavy atom. The Bertz CT molecular complexity index is 2140. The molecule has 4 amide bonds. The summed E-state index contributed by atoms with van der Waals surface area (Å²) >= 11 is 2.36. The standard InChI is InChI=1S/C40H35N5O4S2/c1-4-34(38(48)45-40-32(24-41)26(3)35(51-40)39(49)42-29-18-9-6-10-19-29)50-31-21-13-20-30(23-31)43-37(47)33(22-28-17-12-11-14-25(28)2)44-36(46)27-15-7-5-8-16-27/h5-23,34H,4H2,1-3H3,(H,42,49)(H,43,47)(H,44,46)(H,45,48)/b33-22-. The van der Waals surface area contributed by atoms with Crippen molar-refractivity contribution in [2.45, 2.75) is 37.3 Å². The Morgan fingerprint density at radius 3 is 2.16 bits per heavy atom. The predicted molar refractivity (Wildman–Crippen MR) is 205 cm³/mol. The van der Waals surface area contributed by atoms with Crippen LogP contribution in [0.5, 0.6) is 0 Å². The molecule has 256 valence electrons. The molecule has 0 aliphatic rings. The number of nitriles is 1. The van der Waals surface area contributed by atoms with Gasteiger partial charge in [-0.15, -0.1) is 23.1 Å². The van der Waals surface area contributed by atoms with E-state index in [1.807, 2.05) is 68.4 Å². The minimum absolute atomic E-state index is 0.0679. The van der Waals surface area contributed by atoms with Crippen molar-refractivity contribution in [3.8, 4) is 6.07 Å². The second-order valence-electron chi connectivity index (χ2n) is 11.4. The molecular weight excluding hydrogens is 679 g/mol. The van der Waals surface area contributed by atoms with Crippen LogP contribution in [0.15, 0.2) is 120 Å².